The minimum absolute atomic E-state index is 0.0111. The number of rotatable bonds is 44. The zero-order valence-corrected chi connectivity index (χ0v) is 36.8. The van der Waals surface area contributed by atoms with Crippen LogP contribution in [0, 0.1) is 0 Å². The number of aliphatic hydroxyl groups excluding tert-OH is 3. The Morgan fingerprint density at radius 1 is 0.473 bits per heavy atom. The van der Waals surface area contributed by atoms with Crippen LogP contribution in [-0.4, -0.2) is 46.1 Å². The molecule has 0 saturated heterocycles. The lowest BCUT2D eigenvalue weighted by molar-refractivity contribution is -0.124. The number of allylic oxidation sites excluding steroid dienone is 5. The molecule has 324 valence electrons. The van der Waals surface area contributed by atoms with E-state index in [-0.39, 0.29) is 18.9 Å². The van der Waals surface area contributed by atoms with Crippen LogP contribution in [0.4, 0.5) is 0 Å². The van der Waals surface area contributed by atoms with E-state index in [0.29, 0.717) is 6.42 Å². The van der Waals surface area contributed by atoms with Crippen LogP contribution >= 0.6 is 0 Å². The maximum atomic E-state index is 12.5. The van der Waals surface area contributed by atoms with E-state index < -0.39 is 18.2 Å². The Hall–Kier alpha value is -1.43. The van der Waals surface area contributed by atoms with Gasteiger partial charge in [0.25, 0.3) is 0 Å². The Kier molecular flexibility index (Phi) is 44.1. The van der Waals surface area contributed by atoms with Gasteiger partial charge in [-0.1, -0.05) is 230 Å². The lowest BCUT2D eigenvalue weighted by Gasteiger charge is -2.21. The fraction of sp³-hybridized carbons (Fsp3) is 0.860. The lowest BCUT2D eigenvalue weighted by atomic mass is 10.0. The summed E-state index contributed by atoms with van der Waals surface area (Å²) in [6.07, 6.45) is 57.3. The third-order valence-corrected chi connectivity index (χ3v) is 11.2. The predicted molar refractivity (Wildman–Crippen MR) is 241 cm³/mol. The van der Waals surface area contributed by atoms with Crippen LogP contribution in [-0.2, 0) is 4.79 Å². The van der Waals surface area contributed by atoms with Crippen molar-refractivity contribution in [3.8, 4) is 0 Å². The molecule has 3 atom stereocenters. The first-order chi connectivity index (χ1) is 27.0. The third-order valence-electron chi connectivity index (χ3n) is 11.2. The van der Waals surface area contributed by atoms with E-state index in [1.54, 1.807) is 6.08 Å². The fourth-order valence-corrected chi connectivity index (χ4v) is 7.43. The highest BCUT2D eigenvalue weighted by molar-refractivity contribution is 5.76. The number of hydrogen-bond acceptors (Lipinski definition) is 4. The van der Waals surface area contributed by atoms with Crippen molar-refractivity contribution in [2.75, 3.05) is 6.61 Å². The Morgan fingerprint density at radius 2 is 0.818 bits per heavy atom. The Labute approximate surface area is 343 Å². The molecule has 0 aliphatic rings. The molecule has 0 spiro atoms. The summed E-state index contributed by atoms with van der Waals surface area (Å²) in [4.78, 5) is 12.5. The van der Waals surface area contributed by atoms with Gasteiger partial charge in [-0.05, 0) is 51.4 Å². The van der Waals surface area contributed by atoms with Gasteiger partial charge in [0.2, 0.25) is 5.91 Å². The summed E-state index contributed by atoms with van der Waals surface area (Å²) in [6.45, 7) is 4.22. The third kappa shape index (κ3) is 42.0. The van der Waals surface area contributed by atoms with Crippen LogP contribution < -0.4 is 5.32 Å². The van der Waals surface area contributed by atoms with Gasteiger partial charge in [0.05, 0.1) is 31.3 Å². The summed E-state index contributed by atoms with van der Waals surface area (Å²) in [6, 6.07) is -0.745. The molecule has 0 aromatic heterocycles. The zero-order valence-electron chi connectivity index (χ0n) is 36.8. The van der Waals surface area contributed by atoms with E-state index in [4.69, 9.17) is 0 Å². The first-order valence-corrected chi connectivity index (χ1v) is 24.3. The first kappa shape index (κ1) is 53.6. The number of carbonyl (C=O) groups excluding carboxylic acids is 1. The fourth-order valence-electron chi connectivity index (χ4n) is 7.43. The molecule has 0 aliphatic carbocycles. The highest BCUT2D eigenvalue weighted by atomic mass is 16.3. The van der Waals surface area contributed by atoms with E-state index in [1.807, 2.05) is 6.08 Å². The summed E-state index contributed by atoms with van der Waals surface area (Å²) in [7, 11) is 0. The summed E-state index contributed by atoms with van der Waals surface area (Å²) >= 11 is 0. The van der Waals surface area contributed by atoms with Gasteiger partial charge in [-0.2, -0.15) is 0 Å². The minimum atomic E-state index is -0.929. The molecule has 5 heteroatoms. The molecule has 55 heavy (non-hydrogen) atoms. The largest absolute Gasteiger partial charge is 0.394 e. The van der Waals surface area contributed by atoms with E-state index in [9.17, 15) is 20.1 Å². The molecule has 5 nitrogen and oxygen atoms in total. The molecule has 0 aromatic rings. The molecule has 0 bridgehead atoms. The number of hydrogen-bond donors (Lipinski definition) is 4. The Balaban J connectivity index is 3.62. The average Bonchev–Trinajstić information content (AvgIpc) is 3.18. The highest BCUT2D eigenvalue weighted by Gasteiger charge is 2.20. The van der Waals surface area contributed by atoms with Gasteiger partial charge >= 0.3 is 0 Å². The van der Waals surface area contributed by atoms with Crippen LogP contribution in [0.25, 0.3) is 0 Å². The van der Waals surface area contributed by atoms with Gasteiger partial charge in [0.15, 0.2) is 0 Å². The van der Waals surface area contributed by atoms with E-state index in [2.05, 4.69) is 43.5 Å². The van der Waals surface area contributed by atoms with Gasteiger partial charge in [0.1, 0.15) is 0 Å². The number of carbonyl (C=O) groups is 1. The van der Waals surface area contributed by atoms with Crippen LogP contribution in [0.3, 0.4) is 0 Å². The van der Waals surface area contributed by atoms with Crippen molar-refractivity contribution in [1.82, 2.24) is 5.32 Å². The highest BCUT2D eigenvalue weighted by Crippen LogP contribution is 2.16. The van der Waals surface area contributed by atoms with E-state index >= 15 is 0 Å². The minimum Gasteiger partial charge on any atom is -0.394 e. The van der Waals surface area contributed by atoms with Crippen LogP contribution in [0.1, 0.15) is 251 Å². The average molecular weight is 774 g/mol. The van der Waals surface area contributed by atoms with E-state index in [0.717, 1.165) is 32.1 Å². The molecule has 0 rings (SSSR count). The molecular weight excluding hydrogens is 679 g/mol. The van der Waals surface area contributed by atoms with E-state index in [1.165, 1.54) is 193 Å². The second-order valence-electron chi connectivity index (χ2n) is 16.7. The van der Waals surface area contributed by atoms with Gasteiger partial charge in [-0.3, -0.25) is 4.79 Å². The van der Waals surface area contributed by atoms with Crippen molar-refractivity contribution in [2.45, 2.75) is 270 Å². The first-order valence-electron chi connectivity index (χ1n) is 24.3. The molecule has 4 N–H and O–H groups in total. The van der Waals surface area contributed by atoms with Crippen molar-refractivity contribution in [1.29, 1.82) is 0 Å². The molecule has 3 unspecified atom stereocenters. The normalized spacial score (nSPS) is 13.8. The van der Waals surface area contributed by atoms with Gasteiger partial charge < -0.3 is 20.6 Å². The molecule has 0 heterocycles. The van der Waals surface area contributed by atoms with Crippen LogP contribution in [0.15, 0.2) is 36.5 Å². The van der Waals surface area contributed by atoms with Crippen molar-refractivity contribution in [2.24, 2.45) is 0 Å². The molecule has 0 fully saturated rings. The number of amides is 1. The number of unbranched alkanes of at least 4 members (excludes halogenated alkanes) is 31. The van der Waals surface area contributed by atoms with Crippen LogP contribution in [0.2, 0.25) is 0 Å². The molecule has 0 aliphatic heterocycles. The topological polar surface area (TPSA) is 89.8 Å². The van der Waals surface area contributed by atoms with Crippen molar-refractivity contribution in [3.63, 3.8) is 0 Å². The zero-order chi connectivity index (χ0) is 40.1. The quantitative estimate of drug-likeness (QED) is 0.0367. The molecule has 0 aromatic carbocycles. The summed E-state index contributed by atoms with van der Waals surface area (Å²) in [5.41, 5.74) is 0. The molecule has 0 saturated carbocycles. The Bertz CT molecular complexity index is 855. The van der Waals surface area contributed by atoms with Crippen LogP contribution in [0.5, 0.6) is 0 Å². The number of aliphatic hydroxyl groups is 3. The predicted octanol–water partition coefficient (Wildman–Crippen LogP) is 14.3. The van der Waals surface area contributed by atoms with Gasteiger partial charge in [-0.25, -0.2) is 0 Å². The van der Waals surface area contributed by atoms with Crippen molar-refractivity contribution in [3.05, 3.63) is 36.5 Å². The molecular formula is C50H95NO4. The summed E-state index contributed by atoms with van der Waals surface area (Å²) in [5, 5.41) is 33.3. The van der Waals surface area contributed by atoms with Crippen molar-refractivity contribution < 1.29 is 20.1 Å². The lowest BCUT2D eigenvalue weighted by Crippen LogP contribution is -2.45. The number of nitrogens with one attached hydrogen (secondary N) is 1. The SMILES string of the molecule is CCCCCCCCCCC/C=C\C/C=C\CCCCCCCCCCCC(O)CC(=O)NC(CO)C(O)/C=C/CCCCCCCCCCCCCCC. The van der Waals surface area contributed by atoms with Gasteiger partial charge in [-0.15, -0.1) is 0 Å². The smallest absolute Gasteiger partial charge is 0.222 e. The second kappa shape index (κ2) is 45.3. The monoisotopic (exact) mass is 774 g/mol. The standard InChI is InChI=1S/C50H95NO4/c1-3-5-7-9-11-13-15-17-19-20-21-22-23-24-25-26-27-28-30-31-33-35-37-39-41-43-47(53)45-50(55)51-48(46-52)49(54)44-42-40-38-36-34-32-29-18-16-14-12-10-8-6-4-2/h21-22,24-25,42,44,47-49,52-54H,3-20,23,26-41,43,45-46H2,1-2H3,(H,51,55)/b22-21-,25-24-,44-42+. The maximum Gasteiger partial charge on any atom is 0.222 e. The van der Waals surface area contributed by atoms with Crippen molar-refractivity contribution >= 4 is 5.91 Å². The second-order valence-corrected chi connectivity index (χ2v) is 16.7. The van der Waals surface area contributed by atoms with Gasteiger partial charge in [0, 0.05) is 0 Å². The maximum absolute atomic E-state index is 12.5. The Morgan fingerprint density at radius 3 is 1.20 bits per heavy atom. The summed E-state index contributed by atoms with van der Waals surface area (Å²) in [5.74, 6) is -0.317. The molecule has 1 amide bonds. The molecule has 0 radical (unpaired) electrons. The summed E-state index contributed by atoms with van der Waals surface area (Å²) < 4.78 is 0.